The van der Waals surface area contributed by atoms with Gasteiger partial charge in [0.15, 0.2) is 0 Å². The number of carbonyl (C=O) groups excluding carboxylic acids is 1. The molecule has 0 spiro atoms. The van der Waals surface area contributed by atoms with E-state index < -0.39 is 0 Å². The number of aromatic amines is 1. The maximum absolute atomic E-state index is 13.8. The van der Waals surface area contributed by atoms with Crippen LogP contribution in [0.1, 0.15) is 53.5 Å². The van der Waals surface area contributed by atoms with E-state index >= 15 is 0 Å². The SMILES string of the molecule is CNC(=O)c1ccc2nc([C@@H](C)N3CCC(c4ccnc5ccc(F)cc45)CC3)[nH]c2c1. The lowest BCUT2D eigenvalue weighted by Gasteiger charge is -2.35. The van der Waals surface area contributed by atoms with Crippen LogP contribution < -0.4 is 5.32 Å². The van der Waals surface area contributed by atoms with Crippen LogP contribution in [0.25, 0.3) is 21.9 Å². The Hall–Kier alpha value is -3.32. The monoisotopic (exact) mass is 431 g/mol. The molecule has 1 saturated heterocycles. The minimum absolute atomic E-state index is 0.110. The van der Waals surface area contributed by atoms with E-state index in [4.69, 9.17) is 4.98 Å². The summed E-state index contributed by atoms with van der Waals surface area (Å²) >= 11 is 0. The number of halogens is 1. The van der Waals surface area contributed by atoms with Gasteiger partial charge in [0.1, 0.15) is 11.6 Å². The molecule has 0 aliphatic carbocycles. The number of piperidine rings is 1. The van der Waals surface area contributed by atoms with E-state index in [1.807, 2.05) is 24.4 Å². The molecule has 32 heavy (non-hydrogen) atoms. The standard InChI is InChI=1S/C25H26FN5O/c1-15(24-29-22-5-3-17(25(32)27-2)13-23(22)30-24)31-11-8-16(9-12-31)19-7-10-28-21-6-4-18(26)14-20(19)21/h3-7,10,13-16H,8-9,11-12H2,1-2H3,(H,27,32)(H,29,30)/t15-/m1/s1. The second kappa shape index (κ2) is 8.31. The zero-order valence-corrected chi connectivity index (χ0v) is 18.2. The highest BCUT2D eigenvalue weighted by Gasteiger charge is 2.27. The molecule has 0 bridgehead atoms. The van der Waals surface area contributed by atoms with Crippen molar-refractivity contribution in [3.8, 4) is 0 Å². The minimum atomic E-state index is -0.220. The summed E-state index contributed by atoms with van der Waals surface area (Å²) in [7, 11) is 1.63. The molecule has 1 atom stereocenters. The Balaban J connectivity index is 1.32. The van der Waals surface area contributed by atoms with E-state index in [9.17, 15) is 9.18 Å². The van der Waals surface area contributed by atoms with E-state index in [0.29, 0.717) is 11.5 Å². The first-order valence-electron chi connectivity index (χ1n) is 11.0. The van der Waals surface area contributed by atoms with Crippen LogP contribution in [0, 0.1) is 5.82 Å². The van der Waals surface area contributed by atoms with Crippen LogP contribution in [-0.4, -0.2) is 45.9 Å². The maximum atomic E-state index is 13.8. The number of likely N-dealkylation sites (tertiary alicyclic amines) is 1. The number of hydrogen-bond donors (Lipinski definition) is 2. The summed E-state index contributed by atoms with van der Waals surface area (Å²) in [5.74, 6) is 0.962. The summed E-state index contributed by atoms with van der Waals surface area (Å²) in [4.78, 5) is 26.9. The van der Waals surface area contributed by atoms with Crippen molar-refractivity contribution in [1.82, 2.24) is 25.2 Å². The number of carbonyl (C=O) groups is 1. The van der Waals surface area contributed by atoms with Gasteiger partial charge in [-0.2, -0.15) is 0 Å². The first-order chi connectivity index (χ1) is 15.5. The van der Waals surface area contributed by atoms with Crippen molar-refractivity contribution in [1.29, 1.82) is 0 Å². The van der Waals surface area contributed by atoms with Crippen LogP contribution in [-0.2, 0) is 0 Å². The normalized spacial score (nSPS) is 16.5. The van der Waals surface area contributed by atoms with Gasteiger partial charge in [0, 0.05) is 24.2 Å². The van der Waals surface area contributed by atoms with Gasteiger partial charge in [0.2, 0.25) is 0 Å². The summed E-state index contributed by atoms with van der Waals surface area (Å²) < 4.78 is 13.8. The van der Waals surface area contributed by atoms with Gasteiger partial charge in [0.25, 0.3) is 5.91 Å². The number of H-pyrrole nitrogens is 1. The highest BCUT2D eigenvalue weighted by Crippen LogP contribution is 2.35. The van der Waals surface area contributed by atoms with Gasteiger partial charge >= 0.3 is 0 Å². The molecule has 1 fully saturated rings. The first-order valence-corrected chi connectivity index (χ1v) is 11.0. The Kier molecular flexibility index (Phi) is 5.35. The third-order valence-electron chi connectivity index (χ3n) is 6.64. The Bertz CT molecular complexity index is 1290. The second-order valence-electron chi connectivity index (χ2n) is 8.48. The Labute approximate surface area is 185 Å². The molecular weight excluding hydrogens is 405 g/mol. The minimum Gasteiger partial charge on any atom is -0.355 e. The third-order valence-corrected chi connectivity index (χ3v) is 6.64. The topological polar surface area (TPSA) is 73.9 Å². The molecule has 0 saturated carbocycles. The van der Waals surface area contributed by atoms with Gasteiger partial charge in [0.05, 0.1) is 22.6 Å². The molecule has 1 aliphatic rings. The van der Waals surface area contributed by atoms with E-state index in [2.05, 4.69) is 27.1 Å². The molecule has 2 aromatic heterocycles. The fourth-order valence-electron chi connectivity index (χ4n) is 4.78. The van der Waals surface area contributed by atoms with Crippen LogP contribution in [0.4, 0.5) is 4.39 Å². The molecule has 2 N–H and O–H groups in total. The van der Waals surface area contributed by atoms with E-state index in [1.54, 1.807) is 25.2 Å². The van der Waals surface area contributed by atoms with E-state index in [-0.39, 0.29) is 17.8 Å². The molecule has 6 nitrogen and oxygen atoms in total. The lowest BCUT2D eigenvalue weighted by atomic mass is 9.87. The molecular formula is C25H26FN5O. The summed E-state index contributed by atoms with van der Waals surface area (Å²) in [5, 5.41) is 3.57. The smallest absolute Gasteiger partial charge is 0.251 e. The van der Waals surface area contributed by atoms with Crippen LogP contribution in [0.5, 0.6) is 0 Å². The fraction of sp³-hybridized carbons (Fsp3) is 0.320. The number of nitrogens with one attached hydrogen (secondary N) is 2. The third kappa shape index (κ3) is 3.73. The predicted octanol–water partition coefficient (Wildman–Crippen LogP) is 4.55. The number of amides is 1. The lowest BCUT2D eigenvalue weighted by molar-refractivity contribution is 0.0963. The Morgan fingerprint density at radius 2 is 1.94 bits per heavy atom. The van der Waals surface area contributed by atoms with Crippen molar-refractivity contribution in [3.05, 3.63) is 71.4 Å². The van der Waals surface area contributed by atoms with Crippen molar-refractivity contribution in [2.75, 3.05) is 20.1 Å². The van der Waals surface area contributed by atoms with Crippen LogP contribution in [0.2, 0.25) is 0 Å². The Morgan fingerprint density at radius 1 is 1.16 bits per heavy atom. The number of aromatic nitrogens is 3. The van der Waals surface area contributed by atoms with Crippen LogP contribution >= 0.6 is 0 Å². The molecule has 3 heterocycles. The second-order valence-corrected chi connectivity index (χ2v) is 8.48. The Morgan fingerprint density at radius 3 is 2.72 bits per heavy atom. The van der Waals surface area contributed by atoms with Crippen molar-refractivity contribution in [2.24, 2.45) is 0 Å². The number of imidazole rings is 1. The molecule has 164 valence electrons. The largest absolute Gasteiger partial charge is 0.355 e. The molecule has 1 amide bonds. The number of nitrogens with zero attached hydrogens (tertiary/aromatic N) is 3. The van der Waals surface area contributed by atoms with Gasteiger partial charge in [-0.1, -0.05) is 0 Å². The highest BCUT2D eigenvalue weighted by molar-refractivity contribution is 5.97. The number of pyridine rings is 1. The first kappa shape index (κ1) is 20.6. The van der Waals surface area contributed by atoms with Crippen molar-refractivity contribution < 1.29 is 9.18 Å². The number of rotatable bonds is 4. The predicted molar refractivity (Wildman–Crippen MR) is 123 cm³/mol. The summed E-state index contributed by atoms with van der Waals surface area (Å²) in [6, 6.07) is 12.5. The van der Waals surface area contributed by atoms with Gasteiger partial charge < -0.3 is 10.3 Å². The zero-order chi connectivity index (χ0) is 22.2. The number of benzene rings is 2. The van der Waals surface area contributed by atoms with Crippen LogP contribution in [0.15, 0.2) is 48.7 Å². The van der Waals surface area contributed by atoms with Crippen molar-refractivity contribution >= 4 is 27.8 Å². The molecule has 5 rings (SSSR count). The average molecular weight is 432 g/mol. The van der Waals surface area contributed by atoms with Gasteiger partial charge in [-0.05, 0) is 86.8 Å². The highest BCUT2D eigenvalue weighted by atomic mass is 19.1. The maximum Gasteiger partial charge on any atom is 0.251 e. The number of fused-ring (bicyclic) bond motifs is 2. The summed E-state index contributed by atoms with van der Waals surface area (Å²) in [5.41, 5.74) is 4.38. The zero-order valence-electron chi connectivity index (χ0n) is 18.2. The molecule has 1 aliphatic heterocycles. The summed E-state index contributed by atoms with van der Waals surface area (Å²) in [6.07, 6.45) is 3.83. The van der Waals surface area contributed by atoms with Crippen LogP contribution in [0.3, 0.4) is 0 Å². The van der Waals surface area contributed by atoms with Crippen molar-refractivity contribution in [3.63, 3.8) is 0 Å². The molecule has 7 heteroatoms. The van der Waals surface area contributed by atoms with E-state index in [0.717, 1.165) is 53.7 Å². The fourth-order valence-corrected chi connectivity index (χ4v) is 4.78. The molecule has 0 unspecified atom stereocenters. The van der Waals surface area contributed by atoms with Gasteiger partial charge in [-0.3, -0.25) is 14.7 Å². The van der Waals surface area contributed by atoms with Gasteiger partial charge in [-0.15, -0.1) is 0 Å². The average Bonchev–Trinajstić information content (AvgIpc) is 3.26. The van der Waals surface area contributed by atoms with E-state index in [1.165, 1.54) is 11.6 Å². The van der Waals surface area contributed by atoms with Crippen molar-refractivity contribution in [2.45, 2.75) is 31.7 Å². The van der Waals surface area contributed by atoms with Gasteiger partial charge in [-0.25, -0.2) is 9.37 Å². The summed E-state index contributed by atoms with van der Waals surface area (Å²) in [6.45, 7) is 4.03. The molecule has 4 aromatic rings. The molecule has 0 radical (unpaired) electrons. The quantitative estimate of drug-likeness (QED) is 0.497. The number of hydrogen-bond acceptors (Lipinski definition) is 4. The molecule has 2 aromatic carbocycles. The lowest BCUT2D eigenvalue weighted by Crippen LogP contribution is -2.35.